The van der Waals surface area contributed by atoms with Gasteiger partial charge in [0.05, 0.1) is 11.3 Å². The summed E-state index contributed by atoms with van der Waals surface area (Å²) in [5.74, 6) is -1.33. The molecule has 0 saturated carbocycles. The first-order valence-electron chi connectivity index (χ1n) is 3.96. The summed E-state index contributed by atoms with van der Waals surface area (Å²) in [6.45, 7) is 1.33. The van der Waals surface area contributed by atoms with E-state index >= 15 is 0 Å². The van der Waals surface area contributed by atoms with Crippen LogP contribution in [0, 0.1) is 0 Å². The standard InChI is InChI=1S/C9H10N2O3/c1-6(12)10-11-8-5-3-2-4-7(8)9(13)14/h2-5,11H,1H3,(H,10,12)(H,13,14). The van der Waals surface area contributed by atoms with Crippen molar-refractivity contribution in [1.82, 2.24) is 5.43 Å². The minimum atomic E-state index is -1.04. The maximum absolute atomic E-state index is 10.7. The van der Waals surface area contributed by atoms with Crippen LogP contribution in [-0.4, -0.2) is 17.0 Å². The van der Waals surface area contributed by atoms with E-state index in [2.05, 4.69) is 10.9 Å². The molecule has 1 aromatic carbocycles. The van der Waals surface area contributed by atoms with Gasteiger partial charge < -0.3 is 5.11 Å². The van der Waals surface area contributed by atoms with Crippen molar-refractivity contribution in [3.8, 4) is 0 Å². The zero-order valence-corrected chi connectivity index (χ0v) is 7.57. The average molecular weight is 194 g/mol. The fraction of sp³-hybridized carbons (Fsp3) is 0.111. The Morgan fingerprint density at radius 1 is 1.29 bits per heavy atom. The van der Waals surface area contributed by atoms with Crippen molar-refractivity contribution in [2.75, 3.05) is 5.43 Å². The van der Waals surface area contributed by atoms with E-state index in [1.165, 1.54) is 13.0 Å². The molecule has 0 spiro atoms. The number of aromatic carboxylic acids is 1. The summed E-state index contributed by atoms with van der Waals surface area (Å²) >= 11 is 0. The van der Waals surface area contributed by atoms with Gasteiger partial charge in [0.2, 0.25) is 5.91 Å². The molecule has 0 aliphatic heterocycles. The fourth-order valence-electron chi connectivity index (χ4n) is 0.934. The van der Waals surface area contributed by atoms with Crippen LogP contribution in [0.2, 0.25) is 0 Å². The van der Waals surface area contributed by atoms with E-state index in [0.29, 0.717) is 5.69 Å². The molecule has 3 N–H and O–H groups in total. The number of carbonyl (C=O) groups is 2. The highest BCUT2D eigenvalue weighted by Crippen LogP contribution is 2.13. The van der Waals surface area contributed by atoms with Gasteiger partial charge in [-0.2, -0.15) is 0 Å². The molecule has 0 unspecified atom stereocenters. The molecule has 0 aromatic heterocycles. The molecule has 1 amide bonds. The van der Waals surface area contributed by atoms with Crippen LogP contribution in [0.25, 0.3) is 0 Å². The number of benzene rings is 1. The van der Waals surface area contributed by atoms with Gasteiger partial charge in [-0.3, -0.25) is 15.6 Å². The Kier molecular flexibility index (Phi) is 3.06. The Labute approximate surface area is 80.7 Å². The molecule has 0 aliphatic rings. The Balaban J connectivity index is 2.84. The van der Waals surface area contributed by atoms with E-state index in [0.717, 1.165) is 0 Å². The lowest BCUT2D eigenvalue weighted by Gasteiger charge is -2.08. The Morgan fingerprint density at radius 3 is 2.50 bits per heavy atom. The van der Waals surface area contributed by atoms with Crippen LogP contribution in [0.1, 0.15) is 17.3 Å². The molecule has 14 heavy (non-hydrogen) atoms. The number of para-hydroxylation sites is 1. The first-order chi connectivity index (χ1) is 6.61. The van der Waals surface area contributed by atoms with Crippen LogP contribution in [0.3, 0.4) is 0 Å². The van der Waals surface area contributed by atoms with Gasteiger partial charge in [-0.15, -0.1) is 0 Å². The van der Waals surface area contributed by atoms with E-state index in [-0.39, 0.29) is 11.5 Å². The summed E-state index contributed by atoms with van der Waals surface area (Å²) in [5.41, 5.74) is 5.29. The van der Waals surface area contributed by atoms with Gasteiger partial charge in [-0.1, -0.05) is 12.1 Å². The van der Waals surface area contributed by atoms with Crippen LogP contribution in [-0.2, 0) is 4.79 Å². The maximum Gasteiger partial charge on any atom is 0.337 e. The molecule has 0 bridgehead atoms. The summed E-state index contributed by atoms with van der Waals surface area (Å²) in [5, 5.41) is 8.78. The summed E-state index contributed by atoms with van der Waals surface area (Å²) in [7, 11) is 0. The lowest BCUT2D eigenvalue weighted by Crippen LogP contribution is -2.27. The highest BCUT2D eigenvalue weighted by atomic mass is 16.4. The zero-order valence-electron chi connectivity index (χ0n) is 7.57. The minimum absolute atomic E-state index is 0.112. The third kappa shape index (κ3) is 2.48. The minimum Gasteiger partial charge on any atom is -0.478 e. The molecule has 1 rings (SSSR count). The molecule has 74 valence electrons. The van der Waals surface area contributed by atoms with Gasteiger partial charge in [0.1, 0.15) is 0 Å². The lowest BCUT2D eigenvalue weighted by molar-refractivity contribution is -0.118. The van der Waals surface area contributed by atoms with Crippen molar-refractivity contribution in [1.29, 1.82) is 0 Å². The van der Waals surface area contributed by atoms with Gasteiger partial charge in [-0.05, 0) is 12.1 Å². The Morgan fingerprint density at radius 2 is 1.93 bits per heavy atom. The number of rotatable bonds is 3. The van der Waals surface area contributed by atoms with E-state index in [1.807, 2.05) is 0 Å². The topological polar surface area (TPSA) is 78.4 Å². The van der Waals surface area contributed by atoms with E-state index < -0.39 is 5.97 Å². The molecular formula is C9H10N2O3. The number of nitrogens with one attached hydrogen (secondary N) is 2. The van der Waals surface area contributed by atoms with Crippen molar-refractivity contribution in [2.45, 2.75) is 6.92 Å². The predicted octanol–water partition coefficient (Wildman–Crippen LogP) is 0.848. The molecular weight excluding hydrogens is 184 g/mol. The van der Waals surface area contributed by atoms with Crippen molar-refractivity contribution >= 4 is 17.6 Å². The first-order valence-corrected chi connectivity index (χ1v) is 3.96. The highest BCUT2D eigenvalue weighted by Gasteiger charge is 2.07. The maximum atomic E-state index is 10.7. The molecule has 5 heteroatoms. The number of hydrazine groups is 1. The van der Waals surface area contributed by atoms with Gasteiger partial charge >= 0.3 is 5.97 Å². The van der Waals surface area contributed by atoms with E-state index in [1.54, 1.807) is 18.2 Å². The lowest BCUT2D eigenvalue weighted by atomic mass is 10.2. The summed E-state index contributed by atoms with van der Waals surface area (Å²) in [6, 6.07) is 6.31. The van der Waals surface area contributed by atoms with Crippen LogP contribution >= 0.6 is 0 Å². The van der Waals surface area contributed by atoms with Crippen LogP contribution < -0.4 is 10.9 Å². The average Bonchev–Trinajstić information content (AvgIpc) is 2.15. The molecule has 1 aromatic rings. The molecule has 5 nitrogen and oxygen atoms in total. The van der Waals surface area contributed by atoms with Crippen molar-refractivity contribution in [3.63, 3.8) is 0 Å². The van der Waals surface area contributed by atoms with Gasteiger partial charge in [0.15, 0.2) is 0 Å². The summed E-state index contributed by atoms with van der Waals surface area (Å²) in [4.78, 5) is 21.3. The third-order valence-corrected chi connectivity index (χ3v) is 1.53. The second-order valence-electron chi connectivity index (χ2n) is 2.66. The summed E-state index contributed by atoms with van der Waals surface area (Å²) in [6.07, 6.45) is 0. The van der Waals surface area contributed by atoms with Crippen molar-refractivity contribution in [3.05, 3.63) is 29.8 Å². The SMILES string of the molecule is CC(=O)NNc1ccccc1C(=O)O. The van der Waals surface area contributed by atoms with Crippen molar-refractivity contribution in [2.24, 2.45) is 0 Å². The van der Waals surface area contributed by atoms with Crippen LogP contribution in [0.4, 0.5) is 5.69 Å². The number of hydrogen-bond donors (Lipinski definition) is 3. The van der Waals surface area contributed by atoms with E-state index in [4.69, 9.17) is 5.11 Å². The molecule has 0 aliphatic carbocycles. The van der Waals surface area contributed by atoms with Crippen LogP contribution in [0.5, 0.6) is 0 Å². The number of amides is 1. The third-order valence-electron chi connectivity index (χ3n) is 1.53. The highest BCUT2D eigenvalue weighted by molar-refractivity contribution is 5.94. The van der Waals surface area contributed by atoms with Gasteiger partial charge in [-0.25, -0.2) is 4.79 Å². The Hall–Kier alpha value is -2.04. The molecule has 0 atom stereocenters. The summed E-state index contributed by atoms with van der Waals surface area (Å²) < 4.78 is 0. The normalized spacial score (nSPS) is 9.21. The second kappa shape index (κ2) is 4.27. The quantitative estimate of drug-likeness (QED) is 0.623. The number of hydrogen-bond acceptors (Lipinski definition) is 3. The van der Waals surface area contributed by atoms with Crippen molar-refractivity contribution < 1.29 is 14.7 Å². The number of carboxylic acid groups (broad SMARTS) is 1. The zero-order chi connectivity index (χ0) is 10.6. The number of anilines is 1. The molecule has 0 fully saturated rings. The van der Waals surface area contributed by atoms with Gasteiger partial charge in [0, 0.05) is 6.92 Å². The largest absolute Gasteiger partial charge is 0.478 e. The fourth-order valence-corrected chi connectivity index (χ4v) is 0.934. The smallest absolute Gasteiger partial charge is 0.337 e. The molecule has 0 radical (unpaired) electrons. The van der Waals surface area contributed by atoms with Gasteiger partial charge in [0.25, 0.3) is 0 Å². The first kappa shape index (κ1) is 10.0. The molecule has 0 heterocycles. The number of carbonyl (C=O) groups excluding carboxylic acids is 1. The molecule has 0 saturated heterocycles. The van der Waals surface area contributed by atoms with E-state index in [9.17, 15) is 9.59 Å². The monoisotopic (exact) mass is 194 g/mol. The van der Waals surface area contributed by atoms with Crippen LogP contribution in [0.15, 0.2) is 24.3 Å². The Bertz CT molecular complexity index is 363. The predicted molar refractivity (Wildman–Crippen MR) is 50.8 cm³/mol. The second-order valence-corrected chi connectivity index (χ2v) is 2.66. The number of carboxylic acids is 1.